The Bertz CT molecular complexity index is 542. The maximum absolute atomic E-state index is 8.44. The van der Waals surface area contributed by atoms with Gasteiger partial charge in [-0.05, 0) is 24.1 Å². The van der Waals surface area contributed by atoms with Gasteiger partial charge in [-0.15, -0.1) is 0 Å². The van der Waals surface area contributed by atoms with Gasteiger partial charge in [-0.3, -0.25) is 0 Å². The molecule has 1 heterocycles. The lowest BCUT2D eigenvalue weighted by Gasteiger charge is -1.96. The minimum atomic E-state index is 0.509. The summed E-state index contributed by atoms with van der Waals surface area (Å²) in [6.45, 7) is 0. The summed E-state index contributed by atoms with van der Waals surface area (Å²) in [5, 5.41) is 13.1. The van der Waals surface area contributed by atoms with Gasteiger partial charge in [0, 0.05) is 24.3 Å². The van der Waals surface area contributed by atoms with Crippen LogP contribution in [0.15, 0.2) is 28.8 Å². The van der Waals surface area contributed by atoms with Crippen molar-refractivity contribution >= 4 is 11.6 Å². The van der Waals surface area contributed by atoms with Crippen molar-refractivity contribution in [2.75, 3.05) is 0 Å². The van der Waals surface area contributed by atoms with E-state index in [1.807, 2.05) is 24.3 Å². The summed E-state index contributed by atoms with van der Waals surface area (Å²) in [6, 6.07) is 9.64. The van der Waals surface area contributed by atoms with Crippen LogP contribution in [0.4, 0.5) is 0 Å². The number of nitriles is 1. The molecule has 1 aromatic heterocycles. The van der Waals surface area contributed by atoms with Crippen LogP contribution in [0.2, 0.25) is 5.02 Å². The molecule has 92 valence electrons. The smallest absolute Gasteiger partial charge is 0.226 e. The lowest BCUT2D eigenvalue weighted by molar-refractivity contribution is 0.371. The molecule has 0 N–H and O–H groups in total. The highest BCUT2D eigenvalue weighted by Crippen LogP contribution is 2.12. The Morgan fingerprint density at radius 1 is 1.28 bits per heavy atom. The number of aryl methyl sites for hydroxylation is 1. The molecule has 0 aliphatic carbocycles. The maximum atomic E-state index is 8.44. The van der Waals surface area contributed by atoms with E-state index in [-0.39, 0.29) is 0 Å². The predicted molar refractivity (Wildman–Crippen MR) is 67.1 cm³/mol. The van der Waals surface area contributed by atoms with Crippen molar-refractivity contribution < 1.29 is 4.52 Å². The van der Waals surface area contributed by atoms with Crippen LogP contribution in [-0.4, -0.2) is 10.1 Å². The fourth-order valence-corrected chi connectivity index (χ4v) is 1.69. The number of benzene rings is 1. The Labute approximate surface area is 110 Å². The summed E-state index contributed by atoms with van der Waals surface area (Å²) < 4.78 is 5.11. The van der Waals surface area contributed by atoms with Crippen molar-refractivity contribution in [2.45, 2.75) is 25.7 Å². The lowest BCUT2D eigenvalue weighted by atomic mass is 10.1. The second-order valence-electron chi connectivity index (χ2n) is 3.92. The van der Waals surface area contributed by atoms with Crippen molar-refractivity contribution in [3.63, 3.8) is 0 Å². The molecule has 0 spiro atoms. The zero-order valence-electron chi connectivity index (χ0n) is 9.77. The quantitative estimate of drug-likeness (QED) is 0.776. The molecular weight excluding hydrogens is 250 g/mol. The van der Waals surface area contributed by atoms with Gasteiger partial charge in [0.2, 0.25) is 5.89 Å². The molecular formula is C13H12ClN3O. The van der Waals surface area contributed by atoms with Gasteiger partial charge in [-0.1, -0.05) is 28.9 Å². The number of unbranched alkanes of at least 4 members (excludes halogenated alkanes) is 1. The van der Waals surface area contributed by atoms with Crippen LogP contribution < -0.4 is 0 Å². The molecule has 0 amide bonds. The first kappa shape index (κ1) is 12.6. The minimum Gasteiger partial charge on any atom is -0.339 e. The third-order valence-corrected chi connectivity index (χ3v) is 2.72. The highest BCUT2D eigenvalue weighted by molar-refractivity contribution is 6.30. The Morgan fingerprint density at radius 2 is 2.06 bits per heavy atom. The largest absolute Gasteiger partial charge is 0.339 e. The number of rotatable bonds is 5. The van der Waals surface area contributed by atoms with Gasteiger partial charge in [0.25, 0.3) is 0 Å². The SMILES string of the molecule is N#CCCCc1nc(Cc2ccc(Cl)cc2)no1. The van der Waals surface area contributed by atoms with Gasteiger partial charge < -0.3 is 4.52 Å². The zero-order chi connectivity index (χ0) is 12.8. The fraction of sp³-hybridized carbons (Fsp3) is 0.308. The van der Waals surface area contributed by atoms with Gasteiger partial charge >= 0.3 is 0 Å². The summed E-state index contributed by atoms with van der Waals surface area (Å²) in [5.41, 5.74) is 1.09. The molecule has 0 bridgehead atoms. The topological polar surface area (TPSA) is 62.7 Å². The number of hydrogen-bond donors (Lipinski definition) is 0. The molecule has 0 saturated heterocycles. The Balaban J connectivity index is 1.94. The van der Waals surface area contributed by atoms with Crippen molar-refractivity contribution in [1.82, 2.24) is 10.1 Å². The van der Waals surface area contributed by atoms with Gasteiger partial charge in [0.15, 0.2) is 5.82 Å². The van der Waals surface area contributed by atoms with Crippen molar-refractivity contribution in [3.05, 3.63) is 46.6 Å². The highest BCUT2D eigenvalue weighted by Gasteiger charge is 2.06. The van der Waals surface area contributed by atoms with Crippen LogP contribution in [-0.2, 0) is 12.8 Å². The third-order valence-electron chi connectivity index (χ3n) is 2.46. The Morgan fingerprint density at radius 3 is 2.78 bits per heavy atom. The molecule has 4 nitrogen and oxygen atoms in total. The number of halogens is 1. The minimum absolute atomic E-state index is 0.509. The van der Waals surface area contributed by atoms with Crippen LogP contribution in [0.5, 0.6) is 0 Å². The molecule has 2 rings (SSSR count). The van der Waals surface area contributed by atoms with E-state index in [1.165, 1.54) is 0 Å². The standard InChI is InChI=1S/C13H12ClN3O/c14-11-6-4-10(5-7-11)9-12-16-13(18-17-12)3-1-2-8-15/h4-7H,1-3,9H2. The first-order valence-electron chi connectivity index (χ1n) is 5.71. The van der Waals surface area contributed by atoms with Crippen molar-refractivity contribution in [3.8, 4) is 6.07 Å². The van der Waals surface area contributed by atoms with E-state index in [9.17, 15) is 0 Å². The fourth-order valence-electron chi connectivity index (χ4n) is 1.57. The first-order valence-corrected chi connectivity index (χ1v) is 6.08. The molecule has 0 aliphatic rings. The molecule has 0 unspecified atom stereocenters. The lowest BCUT2D eigenvalue weighted by Crippen LogP contribution is -1.91. The van der Waals surface area contributed by atoms with Gasteiger partial charge in [-0.25, -0.2) is 0 Å². The summed E-state index contributed by atoms with van der Waals surface area (Å²) in [6.07, 6.45) is 2.54. The maximum Gasteiger partial charge on any atom is 0.226 e. The van der Waals surface area contributed by atoms with Crippen LogP contribution >= 0.6 is 11.6 Å². The van der Waals surface area contributed by atoms with Gasteiger partial charge in [0.1, 0.15) is 0 Å². The molecule has 2 aromatic rings. The molecule has 18 heavy (non-hydrogen) atoms. The second kappa shape index (κ2) is 6.18. The average Bonchev–Trinajstić information content (AvgIpc) is 2.80. The van der Waals surface area contributed by atoms with E-state index in [1.54, 1.807) is 0 Å². The van der Waals surface area contributed by atoms with E-state index in [0.717, 1.165) is 12.0 Å². The van der Waals surface area contributed by atoms with Crippen LogP contribution in [0.1, 0.15) is 30.1 Å². The molecule has 0 saturated carbocycles. The van der Waals surface area contributed by atoms with E-state index in [0.29, 0.717) is 36.0 Å². The zero-order valence-corrected chi connectivity index (χ0v) is 10.5. The molecule has 1 aromatic carbocycles. The summed E-state index contributed by atoms with van der Waals surface area (Å²) >= 11 is 5.81. The van der Waals surface area contributed by atoms with E-state index >= 15 is 0 Å². The van der Waals surface area contributed by atoms with Crippen molar-refractivity contribution in [1.29, 1.82) is 5.26 Å². The number of nitrogens with zero attached hydrogens (tertiary/aromatic N) is 3. The average molecular weight is 262 g/mol. The monoisotopic (exact) mass is 261 g/mol. The summed E-state index contributed by atoms with van der Waals surface area (Å²) in [4.78, 5) is 4.28. The molecule has 0 fully saturated rings. The Hall–Kier alpha value is -1.86. The highest BCUT2D eigenvalue weighted by atomic mass is 35.5. The number of hydrogen-bond acceptors (Lipinski definition) is 4. The molecule has 0 aliphatic heterocycles. The van der Waals surface area contributed by atoms with E-state index < -0.39 is 0 Å². The van der Waals surface area contributed by atoms with Crippen LogP contribution in [0.3, 0.4) is 0 Å². The summed E-state index contributed by atoms with van der Waals surface area (Å²) in [7, 11) is 0. The molecule has 0 radical (unpaired) electrons. The molecule has 5 heteroatoms. The Kier molecular flexibility index (Phi) is 4.32. The van der Waals surface area contributed by atoms with E-state index in [2.05, 4.69) is 16.2 Å². The predicted octanol–water partition coefficient (Wildman–Crippen LogP) is 3.16. The van der Waals surface area contributed by atoms with Crippen LogP contribution in [0, 0.1) is 11.3 Å². The second-order valence-corrected chi connectivity index (χ2v) is 4.36. The normalized spacial score (nSPS) is 10.2. The number of aromatic nitrogens is 2. The van der Waals surface area contributed by atoms with Crippen LogP contribution in [0.25, 0.3) is 0 Å². The van der Waals surface area contributed by atoms with Gasteiger partial charge in [-0.2, -0.15) is 10.2 Å². The molecule has 0 atom stereocenters. The first-order chi connectivity index (χ1) is 8.78. The third kappa shape index (κ3) is 3.57. The summed E-state index contributed by atoms with van der Waals surface area (Å²) in [5.74, 6) is 1.25. The van der Waals surface area contributed by atoms with Crippen molar-refractivity contribution in [2.24, 2.45) is 0 Å². The van der Waals surface area contributed by atoms with Gasteiger partial charge in [0.05, 0.1) is 6.07 Å². The van der Waals surface area contributed by atoms with E-state index in [4.69, 9.17) is 21.4 Å².